The zero-order chi connectivity index (χ0) is 23.1. The lowest BCUT2D eigenvalue weighted by Crippen LogP contribution is -1.97. The van der Waals surface area contributed by atoms with E-state index in [1.165, 1.54) is 23.8 Å². The summed E-state index contributed by atoms with van der Waals surface area (Å²) >= 11 is 0. The first kappa shape index (κ1) is 22.6. The third-order valence-electron chi connectivity index (χ3n) is 5.68. The Labute approximate surface area is 182 Å². The number of aromatic hydroxyl groups is 2. The van der Waals surface area contributed by atoms with Crippen LogP contribution in [0.25, 0.3) is 21.5 Å². The molecule has 162 valence electrons. The predicted molar refractivity (Wildman–Crippen MR) is 125 cm³/mol. The average Bonchev–Trinajstić information content (AvgIpc) is 2.70. The molecule has 0 saturated heterocycles. The highest BCUT2D eigenvalue weighted by molar-refractivity contribution is 7.85. The summed E-state index contributed by atoms with van der Waals surface area (Å²) in [5.41, 5.74) is 4.96. The molecule has 0 aliphatic carbocycles. The number of rotatable bonds is 1. The zero-order valence-electron chi connectivity index (χ0n) is 18.2. The molecule has 0 unspecified atom stereocenters. The number of benzene rings is 4. The molecule has 0 aliphatic heterocycles. The van der Waals surface area contributed by atoms with Gasteiger partial charge in [0.05, 0.1) is 4.90 Å². The number of aryl methyl sites for hydroxylation is 3. The van der Waals surface area contributed by atoms with Gasteiger partial charge in [0.25, 0.3) is 10.1 Å². The van der Waals surface area contributed by atoms with E-state index < -0.39 is 10.1 Å². The fraction of sp³-hybridized carbons (Fsp3) is 0.200. The number of phenols is 2. The van der Waals surface area contributed by atoms with Gasteiger partial charge in [0.15, 0.2) is 0 Å². The lowest BCUT2D eigenvalue weighted by molar-refractivity contribution is 0.476. The predicted octanol–water partition coefficient (Wildman–Crippen LogP) is 5.88. The molecule has 31 heavy (non-hydrogen) atoms. The second-order valence-electron chi connectivity index (χ2n) is 7.92. The summed E-state index contributed by atoms with van der Waals surface area (Å²) in [6, 6.07) is 14.1. The summed E-state index contributed by atoms with van der Waals surface area (Å²) < 4.78 is 31.0. The molecule has 0 heterocycles. The molecule has 0 aromatic heterocycles. The number of hydrogen-bond donors (Lipinski definition) is 3. The van der Waals surface area contributed by atoms with Crippen LogP contribution in [0.15, 0.2) is 53.4 Å². The Morgan fingerprint density at radius 3 is 1.58 bits per heavy atom. The summed E-state index contributed by atoms with van der Waals surface area (Å²) in [5, 5.41) is 23.1. The van der Waals surface area contributed by atoms with Crippen molar-refractivity contribution in [2.24, 2.45) is 0 Å². The van der Waals surface area contributed by atoms with E-state index in [9.17, 15) is 18.6 Å². The first-order valence-electron chi connectivity index (χ1n) is 9.80. The van der Waals surface area contributed by atoms with Gasteiger partial charge in [-0.1, -0.05) is 35.9 Å². The van der Waals surface area contributed by atoms with Crippen molar-refractivity contribution in [3.8, 4) is 11.5 Å². The molecule has 0 bridgehead atoms. The SMILES string of the molecule is Cc1cc2cc(S(=O)(=O)O)ccc2c(O)c1C.Cc1ccc2c(O)c(C)c(C)cc2c1. The molecule has 0 fully saturated rings. The molecule has 4 aromatic carbocycles. The highest BCUT2D eigenvalue weighted by atomic mass is 32.2. The van der Waals surface area contributed by atoms with Crippen LogP contribution >= 0.6 is 0 Å². The number of phenolic OH excluding ortho intramolecular Hbond substituents is 2. The highest BCUT2D eigenvalue weighted by Crippen LogP contribution is 2.32. The van der Waals surface area contributed by atoms with E-state index in [-0.39, 0.29) is 10.6 Å². The van der Waals surface area contributed by atoms with E-state index in [0.717, 1.165) is 33.0 Å². The van der Waals surface area contributed by atoms with E-state index in [4.69, 9.17) is 4.55 Å². The molecule has 3 N–H and O–H groups in total. The normalized spacial score (nSPS) is 11.4. The van der Waals surface area contributed by atoms with Crippen LogP contribution in [0.1, 0.15) is 27.8 Å². The van der Waals surface area contributed by atoms with Crippen LogP contribution < -0.4 is 0 Å². The summed E-state index contributed by atoms with van der Waals surface area (Å²) in [6.45, 7) is 9.65. The second kappa shape index (κ2) is 8.21. The molecule has 6 heteroatoms. The molecule has 4 aromatic rings. The topological polar surface area (TPSA) is 94.8 Å². The Kier molecular flexibility index (Phi) is 5.98. The van der Waals surface area contributed by atoms with Crippen LogP contribution in [0.5, 0.6) is 11.5 Å². The molecule has 5 nitrogen and oxygen atoms in total. The third kappa shape index (κ3) is 4.50. The largest absolute Gasteiger partial charge is 0.507 e. The van der Waals surface area contributed by atoms with Gasteiger partial charge in [-0.3, -0.25) is 4.55 Å². The Bertz CT molecular complexity index is 1420. The Hall–Kier alpha value is -3.09. The Balaban J connectivity index is 0.000000179. The monoisotopic (exact) mass is 438 g/mol. The van der Waals surface area contributed by atoms with Crippen LogP contribution in [0.4, 0.5) is 0 Å². The average molecular weight is 439 g/mol. The maximum Gasteiger partial charge on any atom is 0.294 e. The van der Waals surface area contributed by atoms with Crippen molar-refractivity contribution in [1.29, 1.82) is 0 Å². The fourth-order valence-electron chi connectivity index (χ4n) is 3.51. The van der Waals surface area contributed by atoms with Crippen LogP contribution in [-0.2, 0) is 10.1 Å². The smallest absolute Gasteiger partial charge is 0.294 e. The lowest BCUT2D eigenvalue weighted by Gasteiger charge is -2.08. The summed E-state index contributed by atoms with van der Waals surface area (Å²) in [6.07, 6.45) is 0. The third-order valence-corrected chi connectivity index (χ3v) is 6.53. The van der Waals surface area contributed by atoms with Crippen molar-refractivity contribution in [2.75, 3.05) is 0 Å². The molecule has 0 saturated carbocycles. The standard InChI is InChI=1S/C13H14O.C12H12O4S/c1-8-4-5-12-11(6-8)7-9(2)10(3)13(12)14;1-7-5-9-6-10(17(14,15)16)3-4-11(9)12(13)8(7)2/h4-7,14H,1-3H3;3-6,13H,1-2H3,(H,14,15,16). The van der Waals surface area contributed by atoms with Crippen molar-refractivity contribution in [1.82, 2.24) is 0 Å². The van der Waals surface area contributed by atoms with Crippen molar-refractivity contribution in [3.05, 3.63) is 76.3 Å². The van der Waals surface area contributed by atoms with E-state index in [1.54, 1.807) is 13.0 Å². The molecule has 0 radical (unpaired) electrons. The fourth-order valence-corrected chi connectivity index (χ4v) is 4.03. The second-order valence-corrected chi connectivity index (χ2v) is 9.34. The molecular weight excluding hydrogens is 412 g/mol. The minimum absolute atomic E-state index is 0.141. The van der Waals surface area contributed by atoms with Crippen LogP contribution in [0, 0.1) is 34.6 Å². The lowest BCUT2D eigenvalue weighted by atomic mass is 10.00. The van der Waals surface area contributed by atoms with Gasteiger partial charge in [0.2, 0.25) is 0 Å². The molecule has 0 spiro atoms. The van der Waals surface area contributed by atoms with E-state index in [0.29, 0.717) is 16.5 Å². The van der Waals surface area contributed by atoms with Gasteiger partial charge in [0.1, 0.15) is 11.5 Å². The van der Waals surface area contributed by atoms with Gasteiger partial charge in [-0.25, -0.2) is 0 Å². The van der Waals surface area contributed by atoms with Crippen molar-refractivity contribution >= 4 is 31.7 Å². The van der Waals surface area contributed by atoms with Gasteiger partial charge in [-0.05, 0) is 85.8 Å². The van der Waals surface area contributed by atoms with Crippen molar-refractivity contribution in [3.63, 3.8) is 0 Å². The number of hydrogen-bond acceptors (Lipinski definition) is 4. The summed E-state index contributed by atoms with van der Waals surface area (Å²) in [5.74, 6) is 0.557. The van der Waals surface area contributed by atoms with Gasteiger partial charge in [0, 0.05) is 10.8 Å². The first-order chi connectivity index (χ1) is 14.4. The molecule has 0 atom stereocenters. The number of fused-ring (bicyclic) bond motifs is 2. The van der Waals surface area contributed by atoms with Crippen molar-refractivity contribution in [2.45, 2.75) is 39.5 Å². The molecular formula is C25H26O5S. The molecule has 4 rings (SSSR count). The maximum atomic E-state index is 11.0. The van der Waals surface area contributed by atoms with Gasteiger partial charge in [-0.15, -0.1) is 0 Å². The van der Waals surface area contributed by atoms with Crippen LogP contribution in [-0.4, -0.2) is 23.2 Å². The van der Waals surface area contributed by atoms with Crippen LogP contribution in [0.2, 0.25) is 0 Å². The molecule has 0 aliphatic rings. The van der Waals surface area contributed by atoms with E-state index in [2.05, 4.69) is 19.1 Å². The van der Waals surface area contributed by atoms with Gasteiger partial charge in [-0.2, -0.15) is 8.42 Å². The minimum atomic E-state index is -4.21. The Morgan fingerprint density at radius 2 is 1.10 bits per heavy atom. The van der Waals surface area contributed by atoms with E-state index >= 15 is 0 Å². The quantitative estimate of drug-likeness (QED) is 0.323. The van der Waals surface area contributed by atoms with Crippen molar-refractivity contribution < 1.29 is 23.2 Å². The summed E-state index contributed by atoms with van der Waals surface area (Å²) in [4.78, 5) is -0.173. The minimum Gasteiger partial charge on any atom is -0.507 e. The van der Waals surface area contributed by atoms with Gasteiger partial charge >= 0.3 is 0 Å². The van der Waals surface area contributed by atoms with Crippen LogP contribution in [0.3, 0.4) is 0 Å². The Morgan fingerprint density at radius 1 is 0.645 bits per heavy atom. The molecule has 0 amide bonds. The van der Waals surface area contributed by atoms with Gasteiger partial charge < -0.3 is 10.2 Å². The maximum absolute atomic E-state index is 11.0. The van der Waals surface area contributed by atoms with E-state index in [1.807, 2.05) is 32.9 Å². The summed E-state index contributed by atoms with van der Waals surface area (Å²) in [7, 11) is -4.21. The first-order valence-corrected chi connectivity index (χ1v) is 11.2. The zero-order valence-corrected chi connectivity index (χ0v) is 19.0. The highest BCUT2D eigenvalue weighted by Gasteiger charge is 2.13.